The second kappa shape index (κ2) is 8.97. The maximum Gasteiger partial charge on any atom is 0.0465 e. The predicted octanol–water partition coefficient (Wildman–Crippen LogP) is 9.82. The van der Waals surface area contributed by atoms with Gasteiger partial charge in [-0.1, -0.05) is 79.6 Å². The predicted molar refractivity (Wildman–Crippen MR) is 158 cm³/mol. The van der Waals surface area contributed by atoms with E-state index in [0.29, 0.717) is 0 Å². The highest BCUT2D eigenvalue weighted by Crippen LogP contribution is 2.51. The zero-order valence-corrected chi connectivity index (χ0v) is 21.9. The maximum absolute atomic E-state index is 3.57. The van der Waals surface area contributed by atoms with Crippen LogP contribution >= 0.6 is 0 Å². The Kier molecular flexibility index (Phi) is 5.61. The molecule has 1 aliphatic carbocycles. The molecule has 6 rings (SSSR count). The van der Waals surface area contributed by atoms with Crippen LogP contribution in [-0.4, -0.2) is 0 Å². The Morgan fingerprint density at radius 2 is 1.03 bits per heavy atom. The summed E-state index contributed by atoms with van der Waals surface area (Å²) in [7, 11) is 0. The van der Waals surface area contributed by atoms with Crippen LogP contribution in [0.2, 0.25) is 0 Å². The molecule has 0 bridgehead atoms. The normalized spacial score (nSPS) is 13.1. The van der Waals surface area contributed by atoms with Crippen molar-refractivity contribution in [3.05, 3.63) is 138 Å². The largest absolute Gasteiger partial charge is 0.356 e. The van der Waals surface area contributed by atoms with E-state index in [1.54, 1.807) is 0 Å². The van der Waals surface area contributed by atoms with Crippen molar-refractivity contribution in [2.75, 3.05) is 10.2 Å². The molecule has 5 aromatic rings. The van der Waals surface area contributed by atoms with Crippen molar-refractivity contribution in [3.8, 4) is 11.1 Å². The standard InChI is InChI=1S/C35H32N2/c1-24-10-15-28(16-11-24)37(29-17-12-25(2)13-18-29)30-19-21-32-31-20-14-27(36-26-8-6-5-7-9-26)22-33(31)35(3,4)34(32)23-30/h5-23,36H,1-4H3. The van der Waals surface area contributed by atoms with Gasteiger partial charge in [-0.05, 0) is 96.8 Å². The van der Waals surface area contributed by atoms with Gasteiger partial charge >= 0.3 is 0 Å². The molecule has 1 N–H and O–H groups in total. The topological polar surface area (TPSA) is 15.3 Å². The first-order valence-corrected chi connectivity index (χ1v) is 13.0. The van der Waals surface area contributed by atoms with E-state index in [1.807, 2.05) is 6.07 Å². The molecular weight excluding hydrogens is 448 g/mol. The van der Waals surface area contributed by atoms with E-state index in [0.717, 1.165) is 22.7 Å². The SMILES string of the molecule is Cc1ccc(N(c2ccc(C)cc2)c2ccc3c(c2)C(C)(C)c2cc(Nc4ccccc4)ccc2-3)cc1. The molecular formula is C35H32N2. The molecule has 0 saturated carbocycles. The van der Waals surface area contributed by atoms with Gasteiger partial charge in [0.15, 0.2) is 0 Å². The van der Waals surface area contributed by atoms with E-state index in [1.165, 1.54) is 39.1 Å². The van der Waals surface area contributed by atoms with Crippen LogP contribution in [0.4, 0.5) is 28.4 Å². The Morgan fingerprint density at radius 1 is 0.514 bits per heavy atom. The molecule has 0 heterocycles. The van der Waals surface area contributed by atoms with Gasteiger partial charge in [0.2, 0.25) is 0 Å². The average Bonchev–Trinajstić information content (AvgIpc) is 3.13. The minimum atomic E-state index is -0.110. The fourth-order valence-corrected chi connectivity index (χ4v) is 5.47. The summed E-state index contributed by atoms with van der Waals surface area (Å²) in [4.78, 5) is 2.36. The summed E-state index contributed by atoms with van der Waals surface area (Å²) in [5.74, 6) is 0. The third-order valence-corrected chi connectivity index (χ3v) is 7.56. The van der Waals surface area contributed by atoms with Gasteiger partial charge in [-0.3, -0.25) is 0 Å². The number of nitrogens with zero attached hydrogens (tertiary/aromatic N) is 1. The van der Waals surface area contributed by atoms with Gasteiger partial charge in [-0.25, -0.2) is 0 Å². The van der Waals surface area contributed by atoms with Crippen LogP contribution in [0, 0.1) is 13.8 Å². The number of aryl methyl sites for hydroxylation is 2. The van der Waals surface area contributed by atoms with Crippen molar-refractivity contribution >= 4 is 28.4 Å². The minimum absolute atomic E-state index is 0.110. The van der Waals surface area contributed by atoms with Gasteiger partial charge in [0.05, 0.1) is 0 Å². The van der Waals surface area contributed by atoms with Crippen molar-refractivity contribution < 1.29 is 0 Å². The van der Waals surface area contributed by atoms with Crippen LogP contribution < -0.4 is 10.2 Å². The molecule has 2 nitrogen and oxygen atoms in total. The van der Waals surface area contributed by atoms with Crippen molar-refractivity contribution in [2.24, 2.45) is 0 Å². The Bertz CT molecular complexity index is 1520. The van der Waals surface area contributed by atoms with Crippen molar-refractivity contribution in [1.29, 1.82) is 0 Å². The summed E-state index contributed by atoms with van der Waals surface area (Å²) < 4.78 is 0. The van der Waals surface area contributed by atoms with E-state index < -0.39 is 0 Å². The highest BCUT2D eigenvalue weighted by atomic mass is 15.1. The van der Waals surface area contributed by atoms with Gasteiger partial charge in [-0.2, -0.15) is 0 Å². The first-order valence-electron chi connectivity index (χ1n) is 13.0. The second-order valence-electron chi connectivity index (χ2n) is 10.6. The molecule has 0 amide bonds. The number of nitrogens with one attached hydrogen (secondary N) is 1. The van der Waals surface area contributed by atoms with Gasteiger partial charge < -0.3 is 10.2 Å². The van der Waals surface area contributed by atoms with Crippen LogP contribution in [0.3, 0.4) is 0 Å². The minimum Gasteiger partial charge on any atom is -0.356 e. The van der Waals surface area contributed by atoms with Crippen LogP contribution in [-0.2, 0) is 5.41 Å². The van der Waals surface area contributed by atoms with Gasteiger partial charge in [0.25, 0.3) is 0 Å². The lowest BCUT2D eigenvalue weighted by atomic mass is 9.82. The number of para-hydroxylation sites is 1. The number of fused-ring (bicyclic) bond motifs is 3. The monoisotopic (exact) mass is 480 g/mol. The molecule has 5 aromatic carbocycles. The Balaban J connectivity index is 1.43. The average molecular weight is 481 g/mol. The zero-order valence-electron chi connectivity index (χ0n) is 21.9. The van der Waals surface area contributed by atoms with E-state index >= 15 is 0 Å². The quantitative estimate of drug-likeness (QED) is 0.269. The zero-order chi connectivity index (χ0) is 25.6. The Labute approximate surface area is 220 Å². The number of hydrogen-bond acceptors (Lipinski definition) is 2. The van der Waals surface area contributed by atoms with Crippen molar-refractivity contribution in [2.45, 2.75) is 33.1 Å². The van der Waals surface area contributed by atoms with Gasteiger partial charge in [0.1, 0.15) is 0 Å². The van der Waals surface area contributed by atoms with Crippen LogP contribution in [0.25, 0.3) is 11.1 Å². The summed E-state index contributed by atoms with van der Waals surface area (Å²) in [5.41, 5.74) is 13.5. The first kappa shape index (κ1) is 23.1. The molecule has 0 unspecified atom stereocenters. The van der Waals surface area contributed by atoms with E-state index in [-0.39, 0.29) is 5.41 Å². The van der Waals surface area contributed by atoms with Gasteiger partial charge in [-0.15, -0.1) is 0 Å². The van der Waals surface area contributed by atoms with E-state index in [4.69, 9.17) is 0 Å². The van der Waals surface area contributed by atoms with Crippen molar-refractivity contribution in [1.82, 2.24) is 0 Å². The van der Waals surface area contributed by atoms with E-state index in [2.05, 4.69) is 147 Å². The smallest absolute Gasteiger partial charge is 0.0465 e. The maximum atomic E-state index is 3.57. The van der Waals surface area contributed by atoms with E-state index in [9.17, 15) is 0 Å². The lowest BCUT2D eigenvalue weighted by Gasteiger charge is -2.28. The molecule has 182 valence electrons. The first-order chi connectivity index (χ1) is 17.9. The fraction of sp³-hybridized carbons (Fsp3) is 0.143. The van der Waals surface area contributed by atoms with Crippen LogP contribution in [0.1, 0.15) is 36.1 Å². The number of hydrogen-bond donors (Lipinski definition) is 1. The lowest BCUT2D eigenvalue weighted by Crippen LogP contribution is -2.16. The number of anilines is 5. The molecule has 2 heteroatoms. The lowest BCUT2D eigenvalue weighted by molar-refractivity contribution is 0.660. The Hall–Kier alpha value is -4.30. The third-order valence-electron chi connectivity index (χ3n) is 7.56. The molecule has 0 radical (unpaired) electrons. The molecule has 37 heavy (non-hydrogen) atoms. The Morgan fingerprint density at radius 3 is 1.62 bits per heavy atom. The number of rotatable bonds is 5. The second-order valence-corrected chi connectivity index (χ2v) is 10.6. The third kappa shape index (κ3) is 4.19. The highest BCUT2D eigenvalue weighted by molar-refractivity contribution is 5.86. The highest BCUT2D eigenvalue weighted by Gasteiger charge is 2.36. The van der Waals surface area contributed by atoms with Crippen molar-refractivity contribution in [3.63, 3.8) is 0 Å². The van der Waals surface area contributed by atoms with Crippen LogP contribution in [0.5, 0.6) is 0 Å². The summed E-state index contributed by atoms with van der Waals surface area (Å²) in [5, 5.41) is 3.57. The summed E-state index contributed by atoms with van der Waals surface area (Å²) in [6.45, 7) is 8.96. The van der Waals surface area contributed by atoms with Crippen LogP contribution in [0.15, 0.2) is 115 Å². The number of benzene rings is 5. The summed E-state index contributed by atoms with van der Waals surface area (Å²) in [6.07, 6.45) is 0. The molecule has 0 saturated heterocycles. The molecule has 0 aromatic heterocycles. The molecule has 1 aliphatic rings. The molecule has 0 spiro atoms. The summed E-state index contributed by atoms with van der Waals surface area (Å²) in [6, 6.07) is 41.7. The summed E-state index contributed by atoms with van der Waals surface area (Å²) >= 11 is 0. The molecule has 0 atom stereocenters. The molecule has 0 aliphatic heterocycles. The van der Waals surface area contributed by atoms with Gasteiger partial charge in [0, 0.05) is 33.9 Å². The molecule has 0 fully saturated rings. The fourth-order valence-electron chi connectivity index (χ4n) is 5.47.